The molecule has 7 nitrogen and oxygen atoms in total. The third-order valence-electron chi connectivity index (χ3n) is 5.87. The van der Waals surface area contributed by atoms with Gasteiger partial charge in [0.1, 0.15) is 5.02 Å². The van der Waals surface area contributed by atoms with Crippen molar-refractivity contribution >= 4 is 63.8 Å². The van der Waals surface area contributed by atoms with Crippen molar-refractivity contribution in [2.75, 3.05) is 36.4 Å². The van der Waals surface area contributed by atoms with Crippen LogP contribution in [-0.4, -0.2) is 41.9 Å². The number of amides is 1. The summed E-state index contributed by atoms with van der Waals surface area (Å²) in [5.74, 6) is -0.385. The second kappa shape index (κ2) is 11.8. The number of nitro groups is 1. The number of hydrogen-bond acceptors (Lipinski definition) is 5. The number of carbonyl (C=O) groups is 1. The van der Waals surface area contributed by atoms with Crippen LogP contribution in [0, 0.1) is 10.1 Å². The van der Waals surface area contributed by atoms with Crippen molar-refractivity contribution in [2.24, 2.45) is 0 Å². The number of halogens is 3. The molecule has 1 aliphatic rings. The van der Waals surface area contributed by atoms with Crippen LogP contribution in [0.4, 0.5) is 17.1 Å². The van der Waals surface area contributed by atoms with Gasteiger partial charge in [-0.15, -0.1) is 0 Å². The van der Waals surface area contributed by atoms with Gasteiger partial charge in [0.15, 0.2) is 0 Å². The highest BCUT2D eigenvalue weighted by molar-refractivity contribution is 6.33. The van der Waals surface area contributed by atoms with Gasteiger partial charge in [0.25, 0.3) is 5.69 Å². The predicted octanol–water partition coefficient (Wildman–Crippen LogP) is 6.53. The molecule has 0 aromatic heterocycles. The zero-order valence-electron chi connectivity index (χ0n) is 19.2. The largest absolute Gasteiger partial charge is 0.368 e. The number of piperazine rings is 1. The van der Waals surface area contributed by atoms with Gasteiger partial charge in [-0.05, 0) is 47.5 Å². The molecule has 1 fully saturated rings. The quantitative estimate of drug-likeness (QED) is 0.207. The fraction of sp³-hybridized carbons (Fsp3) is 0.192. The molecule has 10 heteroatoms. The van der Waals surface area contributed by atoms with E-state index < -0.39 is 4.92 Å². The Morgan fingerprint density at radius 1 is 0.944 bits per heavy atom. The van der Waals surface area contributed by atoms with Gasteiger partial charge in [0, 0.05) is 55.6 Å². The van der Waals surface area contributed by atoms with Gasteiger partial charge in [0.05, 0.1) is 15.6 Å². The van der Waals surface area contributed by atoms with Crippen LogP contribution in [0.5, 0.6) is 0 Å². The number of hydrogen-bond donors (Lipinski definition) is 1. The Hall–Kier alpha value is -3.10. The maximum Gasteiger partial charge on any atom is 0.288 e. The molecule has 1 aliphatic heterocycles. The van der Waals surface area contributed by atoms with Crippen LogP contribution in [0.2, 0.25) is 15.1 Å². The minimum atomic E-state index is -0.567. The average molecular weight is 546 g/mol. The highest BCUT2D eigenvalue weighted by Gasteiger charge is 2.20. The zero-order chi connectivity index (χ0) is 25.7. The van der Waals surface area contributed by atoms with Crippen molar-refractivity contribution < 1.29 is 9.72 Å². The summed E-state index contributed by atoms with van der Waals surface area (Å²) in [6.45, 7) is 4.22. The Bertz CT molecular complexity index is 1310. The van der Waals surface area contributed by atoms with Gasteiger partial charge < -0.3 is 10.2 Å². The number of benzene rings is 3. The summed E-state index contributed by atoms with van der Waals surface area (Å²) in [5, 5.41) is 15.2. The summed E-state index contributed by atoms with van der Waals surface area (Å²) in [4.78, 5) is 27.4. The van der Waals surface area contributed by atoms with Crippen molar-refractivity contribution in [1.29, 1.82) is 0 Å². The molecule has 4 rings (SSSR count). The summed E-state index contributed by atoms with van der Waals surface area (Å²) in [6, 6.07) is 17.6. The first-order chi connectivity index (χ1) is 17.3. The lowest BCUT2D eigenvalue weighted by Gasteiger charge is -2.36. The van der Waals surface area contributed by atoms with E-state index in [0.717, 1.165) is 49.0 Å². The van der Waals surface area contributed by atoms with E-state index >= 15 is 0 Å². The van der Waals surface area contributed by atoms with Crippen LogP contribution >= 0.6 is 34.8 Å². The number of rotatable bonds is 7. The van der Waals surface area contributed by atoms with Gasteiger partial charge in [-0.25, -0.2) is 0 Å². The molecule has 1 saturated heterocycles. The Morgan fingerprint density at radius 3 is 2.39 bits per heavy atom. The SMILES string of the molecule is O=C(C=Cc1ccc(Cl)c([N+](=O)[O-])c1)Nc1ccc(N2CCN(Cc3ccccc3Cl)CC2)c(Cl)c1. The Balaban J connectivity index is 1.33. The maximum absolute atomic E-state index is 12.4. The maximum atomic E-state index is 12.4. The minimum absolute atomic E-state index is 0.0401. The molecule has 0 radical (unpaired) electrons. The van der Waals surface area contributed by atoms with Crippen LogP contribution < -0.4 is 10.2 Å². The summed E-state index contributed by atoms with van der Waals surface area (Å²) < 4.78 is 0. The third-order valence-corrected chi connectivity index (χ3v) is 6.87. The van der Waals surface area contributed by atoms with E-state index in [1.165, 1.54) is 24.3 Å². The molecule has 0 spiro atoms. The number of nitro benzene ring substituents is 1. The molecule has 1 amide bonds. The van der Waals surface area contributed by atoms with E-state index in [1.807, 2.05) is 30.3 Å². The topological polar surface area (TPSA) is 78.7 Å². The van der Waals surface area contributed by atoms with E-state index in [9.17, 15) is 14.9 Å². The predicted molar refractivity (Wildman–Crippen MR) is 146 cm³/mol. The summed E-state index contributed by atoms with van der Waals surface area (Å²) in [7, 11) is 0. The fourth-order valence-corrected chi connectivity index (χ4v) is 4.67. The molecule has 0 bridgehead atoms. The molecule has 3 aromatic rings. The lowest BCUT2D eigenvalue weighted by atomic mass is 10.1. The first-order valence-corrected chi connectivity index (χ1v) is 12.4. The first-order valence-electron chi connectivity index (χ1n) is 11.2. The fourth-order valence-electron chi connectivity index (χ4n) is 3.98. The van der Waals surface area contributed by atoms with Crippen molar-refractivity contribution in [1.82, 2.24) is 4.90 Å². The van der Waals surface area contributed by atoms with E-state index in [4.69, 9.17) is 34.8 Å². The van der Waals surface area contributed by atoms with Crippen LogP contribution in [0.25, 0.3) is 6.08 Å². The summed E-state index contributed by atoms with van der Waals surface area (Å²) in [6.07, 6.45) is 2.78. The van der Waals surface area contributed by atoms with Crippen LogP contribution in [0.15, 0.2) is 66.7 Å². The highest BCUT2D eigenvalue weighted by atomic mass is 35.5. The van der Waals surface area contributed by atoms with Crippen molar-refractivity contribution in [3.8, 4) is 0 Å². The second-order valence-electron chi connectivity index (χ2n) is 8.31. The monoisotopic (exact) mass is 544 g/mol. The molecule has 0 atom stereocenters. The van der Waals surface area contributed by atoms with Crippen molar-refractivity contribution in [3.63, 3.8) is 0 Å². The van der Waals surface area contributed by atoms with Crippen LogP contribution in [0.3, 0.4) is 0 Å². The first kappa shape index (κ1) is 26.0. The number of carbonyl (C=O) groups excluding carboxylic acids is 1. The molecule has 1 N–H and O–H groups in total. The third kappa shape index (κ3) is 6.56. The minimum Gasteiger partial charge on any atom is -0.368 e. The zero-order valence-corrected chi connectivity index (χ0v) is 21.4. The normalized spacial score (nSPS) is 14.2. The second-order valence-corrected chi connectivity index (χ2v) is 9.53. The molecule has 0 unspecified atom stereocenters. The van der Waals surface area contributed by atoms with Gasteiger partial charge in [-0.3, -0.25) is 19.8 Å². The van der Waals surface area contributed by atoms with E-state index in [2.05, 4.69) is 15.1 Å². The number of nitrogens with one attached hydrogen (secondary N) is 1. The molecule has 36 heavy (non-hydrogen) atoms. The highest BCUT2D eigenvalue weighted by Crippen LogP contribution is 2.30. The average Bonchev–Trinajstić information content (AvgIpc) is 2.85. The van der Waals surface area contributed by atoms with Gasteiger partial charge in [0.2, 0.25) is 5.91 Å². The molecule has 0 saturated carbocycles. The summed E-state index contributed by atoms with van der Waals surface area (Å²) >= 11 is 18.7. The number of nitrogens with zero attached hydrogens (tertiary/aromatic N) is 3. The van der Waals surface area contributed by atoms with E-state index in [0.29, 0.717) is 16.3 Å². The van der Waals surface area contributed by atoms with Crippen LogP contribution in [-0.2, 0) is 11.3 Å². The lowest BCUT2D eigenvalue weighted by Crippen LogP contribution is -2.46. The van der Waals surface area contributed by atoms with Gasteiger partial charge in [-0.2, -0.15) is 0 Å². The van der Waals surface area contributed by atoms with E-state index in [-0.39, 0.29) is 16.6 Å². The van der Waals surface area contributed by atoms with Gasteiger partial charge in [-0.1, -0.05) is 59.1 Å². The Labute approximate surface area is 224 Å². The standard InChI is InChI=1S/C26H23Cl3N4O3/c27-21-4-2-1-3-19(21)17-31-11-13-32(14-12-31)24-9-7-20(16-23(24)29)30-26(34)10-6-18-5-8-22(28)25(15-18)33(35)36/h1-10,15-16H,11-14,17H2,(H,30,34). The smallest absolute Gasteiger partial charge is 0.288 e. The van der Waals surface area contributed by atoms with E-state index in [1.54, 1.807) is 18.2 Å². The molecule has 3 aromatic carbocycles. The Kier molecular flexibility index (Phi) is 8.48. The summed E-state index contributed by atoms with van der Waals surface area (Å²) in [5.41, 5.74) is 2.86. The molecule has 0 aliphatic carbocycles. The van der Waals surface area contributed by atoms with Gasteiger partial charge >= 0.3 is 0 Å². The molecule has 186 valence electrons. The van der Waals surface area contributed by atoms with Crippen LogP contribution in [0.1, 0.15) is 11.1 Å². The molecular formula is C26H23Cl3N4O3. The lowest BCUT2D eigenvalue weighted by molar-refractivity contribution is -0.384. The van der Waals surface area contributed by atoms with Crippen molar-refractivity contribution in [3.05, 3.63) is 103 Å². The molecule has 1 heterocycles. The Morgan fingerprint density at radius 2 is 1.69 bits per heavy atom. The molecular weight excluding hydrogens is 523 g/mol. The number of anilines is 2. The van der Waals surface area contributed by atoms with Crippen molar-refractivity contribution in [2.45, 2.75) is 6.54 Å².